The molecule has 1 heterocycles. The Hall–Kier alpha value is -2.04. The molecule has 110 valence electrons. The average Bonchev–Trinajstić information content (AvgIpc) is 2.76. The van der Waals surface area contributed by atoms with Crippen LogP contribution in [0.15, 0.2) is 59.5 Å². The van der Waals surface area contributed by atoms with Crippen LogP contribution >= 0.6 is 23.4 Å². The second-order valence-corrected chi connectivity index (χ2v) is 6.24. The van der Waals surface area contributed by atoms with Crippen molar-refractivity contribution in [2.45, 2.75) is 6.54 Å². The fraction of sp³-hybridized carbons (Fsp3) is 0.0588. The Bertz CT molecular complexity index is 758. The number of nitrogens with zero attached hydrogens (tertiary/aromatic N) is 1. The highest BCUT2D eigenvalue weighted by atomic mass is 35.5. The number of thioether (sulfide) groups is 1. The van der Waals surface area contributed by atoms with Crippen molar-refractivity contribution in [1.29, 1.82) is 0 Å². The molecule has 0 aliphatic carbocycles. The first-order valence-corrected chi connectivity index (χ1v) is 7.88. The number of rotatable bonds is 3. The van der Waals surface area contributed by atoms with Gasteiger partial charge in [-0.15, -0.1) is 0 Å². The maximum atomic E-state index is 12.4. The standard InChI is InChI=1S/C17H12ClNO2S/c18-14-8-4-7-13(9-14)10-15-16(20)19(17(21)22-15)11-12-5-2-1-3-6-12/h1-10H,11H2/b15-10+. The number of carbonyl (C=O) groups is 2. The Morgan fingerprint density at radius 3 is 2.55 bits per heavy atom. The number of benzene rings is 2. The van der Waals surface area contributed by atoms with E-state index in [1.165, 1.54) is 4.90 Å². The average molecular weight is 330 g/mol. The van der Waals surface area contributed by atoms with Crippen molar-refractivity contribution in [2.24, 2.45) is 0 Å². The van der Waals surface area contributed by atoms with Gasteiger partial charge in [-0.25, -0.2) is 0 Å². The van der Waals surface area contributed by atoms with Gasteiger partial charge in [-0.1, -0.05) is 54.1 Å². The summed E-state index contributed by atoms with van der Waals surface area (Å²) in [5, 5.41) is 0.347. The molecule has 1 fully saturated rings. The first kappa shape index (κ1) is 14.9. The third-order valence-electron chi connectivity index (χ3n) is 3.20. The molecular formula is C17H12ClNO2S. The van der Waals surface area contributed by atoms with Gasteiger partial charge >= 0.3 is 0 Å². The minimum absolute atomic E-state index is 0.248. The van der Waals surface area contributed by atoms with Gasteiger partial charge in [0.25, 0.3) is 11.1 Å². The number of amides is 2. The monoisotopic (exact) mass is 329 g/mol. The molecule has 1 saturated heterocycles. The first-order valence-electron chi connectivity index (χ1n) is 6.68. The van der Waals surface area contributed by atoms with Crippen molar-refractivity contribution in [3.05, 3.63) is 75.7 Å². The van der Waals surface area contributed by atoms with E-state index in [0.717, 1.165) is 22.9 Å². The third kappa shape index (κ3) is 3.24. The van der Waals surface area contributed by atoms with Gasteiger partial charge in [0.2, 0.25) is 0 Å². The minimum Gasteiger partial charge on any atom is -0.268 e. The molecule has 5 heteroatoms. The molecule has 2 aromatic carbocycles. The lowest BCUT2D eigenvalue weighted by Gasteiger charge is -2.12. The van der Waals surface area contributed by atoms with Crippen LogP contribution in [0.3, 0.4) is 0 Å². The van der Waals surface area contributed by atoms with Gasteiger partial charge in [-0.2, -0.15) is 0 Å². The van der Waals surface area contributed by atoms with Crippen LogP contribution in [0.2, 0.25) is 5.02 Å². The molecular weight excluding hydrogens is 318 g/mol. The quantitative estimate of drug-likeness (QED) is 0.774. The lowest BCUT2D eigenvalue weighted by molar-refractivity contribution is -0.123. The maximum Gasteiger partial charge on any atom is 0.293 e. The van der Waals surface area contributed by atoms with Gasteiger partial charge in [0, 0.05) is 5.02 Å². The second kappa shape index (κ2) is 6.38. The van der Waals surface area contributed by atoms with Gasteiger partial charge in [-0.3, -0.25) is 14.5 Å². The van der Waals surface area contributed by atoms with Gasteiger partial charge in [0.05, 0.1) is 11.4 Å². The van der Waals surface area contributed by atoms with Crippen molar-refractivity contribution in [2.75, 3.05) is 0 Å². The fourth-order valence-corrected chi connectivity index (χ4v) is 3.19. The van der Waals surface area contributed by atoms with Crippen LogP contribution in [-0.2, 0) is 11.3 Å². The van der Waals surface area contributed by atoms with Crippen LogP contribution in [0.25, 0.3) is 6.08 Å². The Morgan fingerprint density at radius 2 is 1.82 bits per heavy atom. The summed E-state index contributed by atoms with van der Waals surface area (Å²) in [4.78, 5) is 26.1. The van der Waals surface area contributed by atoms with Crippen LogP contribution in [0.1, 0.15) is 11.1 Å². The lowest BCUT2D eigenvalue weighted by Crippen LogP contribution is -2.27. The number of carbonyl (C=O) groups excluding carboxylic acids is 2. The molecule has 1 aliphatic rings. The number of hydrogen-bond acceptors (Lipinski definition) is 3. The van der Waals surface area contributed by atoms with Crippen LogP contribution < -0.4 is 0 Å². The number of halogens is 1. The van der Waals surface area contributed by atoms with E-state index in [-0.39, 0.29) is 11.1 Å². The molecule has 0 radical (unpaired) electrons. The van der Waals surface area contributed by atoms with Crippen molar-refractivity contribution in [1.82, 2.24) is 4.90 Å². The van der Waals surface area contributed by atoms with Crippen molar-refractivity contribution in [3.8, 4) is 0 Å². The summed E-state index contributed by atoms with van der Waals surface area (Å²) in [5.41, 5.74) is 1.73. The molecule has 2 aromatic rings. The van der Waals surface area contributed by atoms with Crippen molar-refractivity contribution in [3.63, 3.8) is 0 Å². The Balaban J connectivity index is 1.82. The fourth-order valence-electron chi connectivity index (χ4n) is 2.15. The van der Waals surface area contributed by atoms with E-state index in [4.69, 9.17) is 11.6 Å². The van der Waals surface area contributed by atoms with E-state index in [1.54, 1.807) is 18.2 Å². The molecule has 0 atom stereocenters. The van der Waals surface area contributed by atoms with Crippen LogP contribution in [0.4, 0.5) is 4.79 Å². The molecule has 3 rings (SSSR count). The Labute approximate surface area is 137 Å². The number of hydrogen-bond donors (Lipinski definition) is 0. The van der Waals surface area contributed by atoms with Gasteiger partial charge in [-0.05, 0) is 41.1 Å². The molecule has 0 saturated carbocycles. The molecule has 0 unspecified atom stereocenters. The summed E-state index contributed by atoms with van der Waals surface area (Å²) >= 11 is 6.89. The molecule has 1 aliphatic heterocycles. The highest BCUT2D eigenvalue weighted by molar-refractivity contribution is 8.18. The maximum absolute atomic E-state index is 12.4. The minimum atomic E-state index is -0.265. The largest absolute Gasteiger partial charge is 0.293 e. The normalized spacial score (nSPS) is 16.6. The Morgan fingerprint density at radius 1 is 1.05 bits per heavy atom. The van der Waals surface area contributed by atoms with Crippen LogP contribution in [0, 0.1) is 0 Å². The van der Waals surface area contributed by atoms with E-state index in [9.17, 15) is 9.59 Å². The second-order valence-electron chi connectivity index (χ2n) is 4.81. The predicted octanol–water partition coefficient (Wildman–Crippen LogP) is 4.58. The topological polar surface area (TPSA) is 37.4 Å². The number of imide groups is 1. The van der Waals surface area contributed by atoms with E-state index in [2.05, 4.69) is 0 Å². The summed E-state index contributed by atoms with van der Waals surface area (Å²) in [5.74, 6) is -0.265. The van der Waals surface area contributed by atoms with E-state index in [0.29, 0.717) is 16.5 Å². The summed E-state index contributed by atoms with van der Waals surface area (Å²) < 4.78 is 0. The van der Waals surface area contributed by atoms with Crippen LogP contribution in [-0.4, -0.2) is 16.0 Å². The Kier molecular flexibility index (Phi) is 4.32. The molecule has 0 aromatic heterocycles. The molecule has 0 N–H and O–H groups in total. The van der Waals surface area contributed by atoms with E-state index in [1.807, 2.05) is 42.5 Å². The molecule has 22 heavy (non-hydrogen) atoms. The van der Waals surface area contributed by atoms with Gasteiger partial charge in [0.1, 0.15) is 0 Å². The highest BCUT2D eigenvalue weighted by Crippen LogP contribution is 2.33. The summed E-state index contributed by atoms with van der Waals surface area (Å²) in [6.45, 7) is 0.290. The van der Waals surface area contributed by atoms with Gasteiger partial charge in [0.15, 0.2) is 0 Å². The molecule has 3 nitrogen and oxygen atoms in total. The zero-order valence-corrected chi connectivity index (χ0v) is 13.1. The lowest BCUT2D eigenvalue weighted by atomic mass is 10.2. The predicted molar refractivity (Wildman–Crippen MR) is 89.4 cm³/mol. The SMILES string of the molecule is O=C1S/C(=C/c2cccc(Cl)c2)C(=O)N1Cc1ccccc1. The summed E-state index contributed by atoms with van der Waals surface area (Å²) in [6.07, 6.45) is 1.70. The van der Waals surface area contributed by atoms with Crippen molar-refractivity contribution >= 4 is 40.6 Å². The molecule has 2 amide bonds. The molecule has 0 bridgehead atoms. The zero-order valence-electron chi connectivity index (χ0n) is 11.5. The zero-order chi connectivity index (χ0) is 15.5. The smallest absolute Gasteiger partial charge is 0.268 e. The first-order chi connectivity index (χ1) is 10.6. The summed E-state index contributed by atoms with van der Waals surface area (Å²) in [7, 11) is 0. The highest BCUT2D eigenvalue weighted by Gasteiger charge is 2.34. The van der Waals surface area contributed by atoms with Gasteiger partial charge < -0.3 is 0 Å². The van der Waals surface area contributed by atoms with E-state index < -0.39 is 0 Å². The van der Waals surface area contributed by atoms with Crippen molar-refractivity contribution < 1.29 is 9.59 Å². The summed E-state index contributed by atoms with van der Waals surface area (Å²) in [6, 6.07) is 16.6. The molecule has 0 spiro atoms. The van der Waals surface area contributed by atoms with E-state index >= 15 is 0 Å². The third-order valence-corrected chi connectivity index (χ3v) is 4.35. The van der Waals surface area contributed by atoms with Crippen LogP contribution in [0.5, 0.6) is 0 Å².